The summed E-state index contributed by atoms with van der Waals surface area (Å²) >= 11 is 4.86. The van der Waals surface area contributed by atoms with E-state index in [1.165, 1.54) is 11.3 Å². The van der Waals surface area contributed by atoms with Crippen molar-refractivity contribution in [1.82, 2.24) is 5.32 Å². The molecular weight excluding hydrogens is 351 g/mol. The number of hydrogen-bond donors (Lipinski definition) is 1. The molecule has 1 N–H and O–H groups in total. The van der Waals surface area contributed by atoms with Gasteiger partial charge in [0.15, 0.2) is 11.6 Å². The second-order valence-corrected chi connectivity index (χ2v) is 6.79. The molecule has 0 aliphatic rings. The van der Waals surface area contributed by atoms with Crippen LogP contribution >= 0.6 is 27.3 Å². The van der Waals surface area contributed by atoms with E-state index in [1.807, 2.05) is 19.9 Å². The average molecular weight is 364 g/mol. The molecule has 1 unspecified atom stereocenters. The molecule has 1 aromatic carbocycles. The molecule has 2 rings (SSSR count). The van der Waals surface area contributed by atoms with Crippen LogP contribution in [-0.4, -0.2) is 6.54 Å². The van der Waals surface area contributed by atoms with Crippen LogP contribution in [0, 0.1) is 24.4 Å². The largest absolute Gasteiger partial charge is 0.306 e. The van der Waals surface area contributed by atoms with Crippen LogP contribution in [0.4, 0.5) is 13.2 Å². The van der Waals surface area contributed by atoms with Crippen molar-refractivity contribution in [3.05, 3.63) is 55.4 Å². The van der Waals surface area contributed by atoms with Gasteiger partial charge in [-0.1, -0.05) is 6.92 Å². The summed E-state index contributed by atoms with van der Waals surface area (Å²) in [4.78, 5) is 0.848. The second kappa shape index (κ2) is 6.28. The van der Waals surface area contributed by atoms with E-state index in [0.717, 1.165) is 20.3 Å². The van der Waals surface area contributed by atoms with Crippen LogP contribution in [0.1, 0.15) is 29.0 Å². The van der Waals surface area contributed by atoms with Crippen LogP contribution in [0.2, 0.25) is 0 Å². The van der Waals surface area contributed by atoms with Gasteiger partial charge in [0.25, 0.3) is 0 Å². The molecule has 0 saturated heterocycles. The third-order valence-corrected chi connectivity index (χ3v) is 5.12. The monoisotopic (exact) mass is 363 g/mol. The van der Waals surface area contributed by atoms with Crippen molar-refractivity contribution in [3.63, 3.8) is 0 Å². The first-order valence-electron chi connectivity index (χ1n) is 6.07. The zero-order valence-corrected chi connectivity index (χ0v) is 13.3. The zero-order valence-electron chi connectivity index (χ0n) is 10.9. The summed E-state index contributed by atoms with van der Waals surface area (Å²) in [6.45, 7) is 4.38. The van der Waals surface area contributed by atoms with Crippen molar-refractivity contribution in [1.29, 1.82) is 0 Å². The van der Waals surface area contributed by atoms with Crippen LogP contribution in [0.15, 0.2) is 22.0 Å². The Morgan fingerprint density at radius 2 is 1.80 bits per heavy atom. The van der Waals surface area contributed by atoms with Crippen molar-refractivity contribution >= 4 is 27.3 Å². The molecule has 1 nitrogen and oxygen atoms in total. The third kappa shape index (κ3) is 3.07. The Hall–Kier alpha value is -0.850. The van der Waals surface area contributed by atoms with E-state index in [1.54, 1.807) is 0 Å². The van der Waals surface area contributed by atoms with E-state index < -0.39 is 23.5 Å². The Balaban J connectivity index is 2.50. The molecule has 0 fully saturated rings. The van der Waals surface area contributed by atoms with Crippen molar-refractivity contribution in [3.8, 4) is 0 Å². The molecule has 0 spiro atoms. The number of thiophene rings is 1. The standard InChI is InChI=1S/C14H13BrF3NS/c1-3-19-13(12-4-7(2)14(15)20-12)8-5-10(17)11(18)6-9(8)16/h4-6,13,19H,3H2,1-2H3. The number of aryl methyl sites for hydroxylation is 1. The molecule has 6 heteroatoms. The quantitative estimate of drug-likeness (QED) is 0.759. The van der Waals surface area contributed by atoms with Gasteiger partial charge in [0.2, 0.25) is 0 Å². The van der Waals surface area contributed by atoms with Gasteiger partial charge < -0.3 is 5.32 Å². The van der Waals surface area contributed by atoms with Crippen molar-refractivity contribution < 1.29 is 13.2 Å². The summed E-state index contributed by atoms with van der Waals surface area (Å²) in [5.74, 6) is -2.97. The van der Waals surface area contributed by atoms with E-state index in [-0.39, 0.29) is 5.56 Å². The fourth-order valence-corrected chi connectivity index (χ4v) is 3.62. The minimum absolute atomic E-state index is 0.111. The summed E-state index contributed by atoms with van der Waals surface area (Å²) in [6.07, 6.45) is 0. The zero-order chi connectivity index (χ0) is 14.9. The van der Waals surface area contributed by atoms with E-state index in [4.69, 9.17) is 0 Å². The number of rotatable bonds is 4. The minimum atomic E-state index is -1.18. The molecule has 20 heavy (non-hydrogen) atoms. The number of hydrogen-bond acceptors (Lipinski definition) is 2. The van der Waals surface area contributed by atoms with Crippen LogP contribution in [0.5, 0.6) is 0 Å². The van der Waals surface area contributed by atoms with Gasteiger partial charge in [-0.05, 0) is 47.1 Å². The highest BCUT2D eigenvalue weighted by atomic mass is 79.9. The first kappa shape index (κ1) is 15.5. The van der Waals surface area contributed by atoms with Gasteiger partial charge in [-0.25, -0.2) is 13.2 Å². The topological polar surface area (TPSA) is 12.0 Å². The van der Waals surface area contributed by atoms with E-state index in [9.17, 15) is 13.2 Å². The molecule has 0 amide bonds. The van der Waals surface area contributed by atoms with Gasteiger partial charge in [-0.3, -0.25) is 0 Å². The highest BCUT2D eigenvalue weighted by molar-refractivity contribution is 9.11. The molecule has 0 aliphatic heterocycles. The maximum absolute atomic E-state index is 13.9. The maximum atomic E-state index is 13.9. The Kier molecular flexibility index (Phi) is 4.88. The van der Waals surface area contributed by atoms with Gasteiger partial charge >= 0.3 is 0 Å². The lowest BCUT2D eigenvalue weighted by Gasteiger charge is -2.18. The predicted octanol–water partition coefficient (Wildman–Crippen LogP) is 4.94. The van der Waals surface area contributed by atoms with Crippen LogP contribution in [0.25, 0.3) is 0 Å². The van der Waals surface area contributed by atoms with E-state index in [2.05, 4.69) is 21.2 Å². The maximum Gasteiger partial charge on any atom is 0.161 e. The first-order chi connectivity index (χ1) is 9.43. The predicted molar refractivity (Wildman–Crippen MR) is 78.6 cm³/mol. The number of halogens is 4. The van der Waals surface area contributed by atoms with E-state index in [0.29, 0.717) is 12.6 Å². The van der Waals surface area contributed by atoms with Crippen molar-refractivity contribution in [2.24, 2.45) is 0 Å². The van der Waals surface area contributed by atoms with Crippen molar-refractivity contribution in [2.75, 3.05) is 6.54 Å². The molecule has 1 atom stereocenters. The lowest BCUT2D eigenvalue weighted by atomic mass is 10.0. The normalized spacial score (nSPS) is 12.7. The first-order valence-corrected chi connectivity index (χ1v) is 7.68. The Bertz CT molecular complexity index is 608. The molecule has 1 heterocycles. The molecule has 0 bridgehead atoms. The highest BCUT2D eigenvalue weighted by Crippen LogP contribution is 2.35. The lowest BCUT2D eigenvalue weighted by Crippen LogP contribution is -2.22. The van der Waals surface area contributed by atoms with Gasteiger partial charge in [0, 0.05) is 16.5 Å². The third-order valence-electron chi connectivity index (χ3n) is 2.92. The summed E-state index contributed by atoms with van der Waals surface area (Å²) in [5, 5.41) is 3.10. The number of benzene rings is 1. The van der Waals surface area contributed by atoms with Crippen LogP contribution in [0.3, 0.4) is 0 Å². The van der Waals surface area contributed by atoms with Gasteiger partial charge in [0.05, 0.1) is 9.83 Å². The Morgan fingerprint density at radius 1 is 1.15 bits per heavy atom. The lowest BCUT2D eigenvalue weighted by molar-refractivity contribution is 0.482. The fourth-order valence-electron chi connectivity index (χ4n) is 1.95. The smallest absolute Gasteiger partial charge is 0.161 e. The minimum Gasteiger partial charge on any atom is -0.306 e. The summed E-state index contributed by atoms with van der Waals surface area (Å²) in [5.41, 5.74) is 1.13. The molecule has 108 valence electrons. The van der Waals surface area contributed by atoms with Crippen LogP contribution in [-0.2, 0) is 0 Å². The number of nitrogens with one attached hydrogen (secondary N) is 1. The second-order valence-electron chi connectivity index (χ2n) is 4.38. The van der Waals surface area contributed by atoms with Gasteiger partial charge in [0.1, 0.15) is 5.82 Å². The average Bonchev–Trinajstić information content (AvgIpc) is 2.71. The van der Waals surface area contributed by atoms with Gasteiger partial charge in [-0.15, -0.1) is 11.3 Å². The Morgan fingerprint density at radius 3 is 2.35 bits per heavy atom. The molecule has 1 aromatic heterocycles. The SMILES string of the molecule is CCNC(c1cc(C)c(Br)s1)c1cc(F)c(F)cc1F. The van der Waals surface area contributed by atoms with Crippen molar-refractivity contribution in [2.45, 2.75) is 19.9 Å². The summed E-state index contributed by atoms with van der Waals surface area (Å²) in [6, 6.07) is 2.92. The summed E-state index contributed by atoms with van der Waals surface area (Å²) < 4.78 is 41.3. The molecular formula is C14H13BrF3NS. The molecule has 0 radical (unpaired) electrons. The molecule has 0 aliphatic carbocycles. The highest BCUT2D eigenvalue weighted by Gasteiger charge is 2.22. The van der Waals surface area contributed by atoms with Gasteiger partial charge in [-0.2, -0.15) is 0 Å². The summed E-state index contributed by atoms with van der Waals surface area (Å²) in [7, 11) is 0. The van der Waals surface area contributed by atoms with Crippen LogP contribution < -0.4 is 5.32 Å². The van der Waals surface area contributed by atoms with E-state index >= 15 is 0 Å². The fraction of sp³-hybridized carbons (Fsp3) is 0.286. The molecule has 2 aromatic rings. The Labute approximate surface area is 128 Å². The molecule has 0 saturated carbocycles.